The first-order valence-corrected chi connectivity index (χ1v) is 4.46. The van der Waals surface area contributed by atoms with Crippen LogP contribution in [0.1, 0.15) is 20.3 Å². The zero-order valence-corrected chi connectivity index (χ0v) is 6.91. The second kappa shape index (κ2) is 3.47. The Morgan fingerprint density at radius 2 is 2.11 bits per heavy atom. The fraction of sp³-hybridized carbons (Fsp3) is 1.00. The maximum atomic E-state index is 5.36. The SMILES string of the molecule is CC1CCOCC(C)S1. The van der Waals surface area contributed by atoms with Crippen LogP contribution in [0.15, 0.2) is 0 Å². The molecule has 0 saturated carbocycles. The molecule has 2 unspecified atom stereocenters. The summed E-state index contributed by atoms with van der Waals surface area (Å²) >= 11 is 2.04. The Labute approximate surface area is 61.2 Å². The van der Waals surface area contributed by atoms with Crippen molar-refractivity contribution in [2.45, 2.75) is 30.8 Å². The number of hydrogen-bond donors (Lipinski definition) is 0. The van der Waals surface area contributed by atoms with Crippen molar-refractivity contribution >= 4 is 11.8 Å². The Bertz CT molecular complexity index is 75.0. The standard InChI is InChI=1S/C7H14OS/c1-6-3-4-8-5-7(2)9-6/h6-7H,3-5H2,1-2H3. The molecule has 1 heterocycles. The van der Waals surface area contributed by atoms with Gasteiger partial charge in [0, 0.05) is 17.1 Å². The summed E-state index contributed by atoms with van der Waals surface area (Å²) in [5, 5.41) is 1.49. The van der Waals surface area contributed by atoms with Crippen LogP contribution in [0.25, 0.3) is 0 Å². The topological polar surface area (TPSA) is 9.23 Å². The van der Waals surface area contributed by atoms with Crippen molar-refractivity contribution in [2.75, 3.05) is 13.2 Å². The van der Waals surface area contributed by atoms with Crippen molar-refractivity contribution in [2.24, 2.45) is 0 Å². The van der Waals surface area contributed by atoms with Crippen molar-refractivity contribution in [3.05, 3.63) is 0 Å². The van der Waals surface area contributed by atoms with Gasteiger partial charge in [0.2, 0.25) is 0 Å². The van der Waals surface area contributed by atoms with E-state index in [1.807, 2.05) is 11.8 Å². The van der Waals surface area contributed by atoms with Gasteiger partial charge in [-0.25, -0.2) is 0 Å². The monoisotopic (exact) mass is 146 g/mol. The average Bonchev–Trinajstić information content (AvgIpc) is 1.93. The quantitative estimate of drug-likeness (QED) is 0.516. The molecular weight excluding hydrogens is 132 g/mol. The van der Waals surface area contributed by atoms with Gasteiger partial charge in [-0.05, 0) is 6.42 Å². The van der Waals surface area contributed by atoms with Crippen LogP contribution in [-0.4, -0.2) is 23.7 Å². The van der Waals surface area contributed by atoms with Gasteiger partial charge in [-0.15, -0.1) is 0 Å². The summed E-state index contributed by atoms with van der Waals surface area (Å²) in [4.78, 5) is 0. The summed E-state index contributed by atoms with van der Waals surface area (Å²) in [7, 11) is 0. The first-order valence-electron chi connectivity index (χ1n) is 3.52. The third kappa shape index (κ3) is 2.59. The van der Waals surface area contributed by atoms with E-state index in [9.17, 15) is 0 Å². The zero-order chi connectivity index (χ0) is 6.69. The Hall–Kier alpha value is 0.310. The third-order valence-electron chi connectivity index (χ3n) is 1.49. The van der Waals surface area contributed by atoms with E-state index in [0.29, 0.717) is 5.25 Å². The van der Waals surface area contributed by atoms with Crippen molar-refractivity contribution in [3.8, 4) is 0 Å². The zero-order valence-electron chi connectivity index (χ0n) is 6.09. The van der Waals surface area contributed by atoms with E-state index in [1.165, 1.54) is 6.42 Å². The summed E-state index contributed by atoms with van der Waals surface area (Å²) in [5.41, 5.74) is 0. The summed E-state index contributed by atoms with van der Waals surface area (Å²) in [6, 6.07) is 0. The van der Waals surface area contributed by atoms with Crippen LogP contribution < -0.4 is 0 Å². The van der Waals surface area contributed by atoms with Crippen molar-refractivity contribution in [3.63, 3.8) is 0 Å². The van der Waals surface area contributed by atoms with Gasteiger partial charge in [-0.3, -0.25) is 0 Å². The number of thioether (sulfide) groups is 1. The minimum atomic E-state index is 0.697. The fourth-order valence-corrected chi connectivity index (χ4v) is 2.20. The smallest absolute Gasteiger partial charge is 0.0582 e. The molecule has 1 rings (SSSR count). The van der Waals surface area contributed by atoms with Gasteiger partial charge in [0.1, 0.15) is 0 Å². The van der Waals surface area contributed by atoms with Crippen LogP contribution in [0.5, 0.6) is 0 Å². The molecule has 0 radical (unpaired) electrons. The molecule has 0 bridgehead atoms. The molecule has 54 valence electrons. The highest BCUT2D eigenvalue weighted by atomic mass is 32.2. The second-order valence-corrected chi connectivity index (χ2v) is 4.50. The summed E-state index contributed by atoms with van der Waals surface area (Å²) in [6.07, 6.45) is 1.22. The molecule has 1 aliphatic heterocycles. The molecule has 0 aromatic heterocycles. The molecule has 1 aliphatic rings. The Morgan fingerprint density at radius 3 is 2.89 bits per heavy atom. The molecule has 1 nitrogen and oxygen atoms in total. The predicted molar refractivity (Wildman–Crippen MR) is 42.0 cm³/mol. The molecule has 0 aromatic rings. The average molecular weight is 146 g/mol. The van der Waals surface area contributed by atoms with Gasteiger partial charge in [0.25, 0.3) is 0 Å². The number of hydrogen-bond acceptors (Lipinski definition) is 2. The minimum Gasteiger partial charge on any atom is -0.380 e. The summed E-state index contributed by atoms with van der Waals surface area (Å²) in [5.74, 6) is 0. The largest absolute Gasteiger partial charge is 0.380 e. The molecule has 1 fully saturated rings. The van der Waals surface area contributed by atoms with E-state index in [-0.39, 0.29) is 0 Å². The van der Waals surface area contributed by atoms with Crippen LogP contribution in [0.4, 0.5) is 0 Å². The van der Waals surface area contributed by atoms with Crippen LogP contribution in [0, 0.1) is 0 Å². The van der Waals surface area contributed by atoms with Gasteiger partial charge in [0.05, 0.1) is 6.61 Å². The lowest BCUT2D eigenvalue weighted by atomic mass is 10.3. The van der Waals surface area contributed by atoms with E-state index in [2.05, 4.69) is 13.8 Å². The Balaban J connectivity index is 2.29. The van der Waals surface area contributed by atoms with Crippen LogP contribution in [-0.2, 0) is 4.74 Å². The molecule has 0 amide bonds. The van der Waals surface area contributed by atoms with E-state index in [0.717, 1.165) is 18.5 Å². The summed E-state index contributed by atoms with van der Waals surface area (Å²) < 4.78 is 5.36. The second-order valence-electron chi connectivity index (χ2n) is 2.62. The summed E-state index contributed by atoms with van der Waals surface area (Å²) in [6.45, 7) is 6.40. The van der Waals surface area contributed by atoms with Crippen molar-refractivity contribution < 1.29 is 4.74 Å². The predicted octanol–water partition coefficient (Wildman–Crippen LogP) is 1.92. The van der Waals surface area contributed by atoms with Crippen molar-refractivity contribution in [1.29, 1.82) is 0 Å². The lowest BCUT2D eigenvalue weighted by Gasteiger charge is -2.08. The van der Waals surface area contributed by atoms with Crippen molar-refractivity contribution in [1.82, 2.24) is 0 Å². The molecular formula is C7H14OS. The molecule has 1 saturated heterocycles. The molecule has 0 N–H and O–H groups in total. The van der Waals surface area contributed by atoms with Gasteiger partial charge in [-0.1, -0.05) is 13.8 Å². The lowest BCUT2D eigenvalue weighted by molar-refractivity contribution is 0.140. The normalized spacial score (nSPS) is 38.0. The minimum absolute atomic E-state index is 0.697. The van der Waals surface area contributed by atoms with E-state index >= 15 is 0 Å². The first-order chi connectivity index (χ1) is 4.29. The fourth-order valence-electron chi connectivity index (χ4n) is 1.00. The maximum absolute atomic E-state index is 5.36. The molecule has 0 aromatic carbocycles. The molecule has 0 aliphatic carbocycles. The van der Waals surface area contributed by atoms with Gasteiger partial charge >= 0.3 is 0 Å². The first kappa shape index (κ1) is 7.42. The van der Waals surface area contributed by atoms with Gasteiger partial charge < -0.3 is 4.74 Å². The van der Waals surface area contributed by atoms with E-state index < -0.39 is 0 Å². The highest BCUT2D eigenvalue weighted by molar-refractivity contribution is 8.00. The van der Waals surface area contributed by atoms with Crippen LogP contribution in [0.2, 0.25) is 0 Å². The third-order valence-corrected chi connectivity index (χ3v) is 2.79. The number of rotatable bonds is 0. The molecule has 2 heteroatoms. The van der Waals surface area contributed by atoms with Crippen LogP contribution >= 0.6 is 11.8 Å². The van der Waals surface area contributed by atoms with Gasteiger partial charge in [-0.2, -0.15) is 11.8 Å². The molecule has 2 atom stereocenters. The maximum Gasteiger partial charge on any atom is 0.0582 e. The molecule has 9 heavy (non-hydrogen) atoms. The Morgan fingerprint density at radius 1 is 1.33 bits per heavy atom. The Kier molecular flexibility index (Phi) is 2.86. The molecule has 0 spiro atoms. The van der Waals surface area contributed by atoms with Crippen LogP contribution in [0.3, 0.4) is 0 Å². The van der Waals surface area contributed by atoms with Gasteiger partial charge in [0.15, 0.2) is 0 Å². The highest BCUT2D eigenvalue weighted by Gasteiger charge is 2.12. The number of ether oxygens (including phenoxy) is 1. The highest BCUT2D eigenvalue weighted by Crippen LogP contribution is 2.22. The lowest BCUT2D eigenvalue weighted by Crippen LogP contribution is -2.04. The van der Waals surface area contributed by atoms with E-state index in [1.54, 1.807) is 0 Å². The van der Waals surface area contributed by atoms with E-state index in [4.69, 9.17) is 4.74 Å².